The number of nitrogens with zero attached hydrogens (tertiary/aromatic N) is 4. The zero-order valence-electron chi connectivity index (χ0n) is 15.3. The molecule has 0 bridgehead atoms. The molecular weight excluding hydrogens is 302 g/mol. The van der Waals surface area contributed by atoms with E-state index in [1.807, 2.05) is 12.3 Å². The van der Waals surface area contributed by atoms with Crippen LogP contribution in [-0.2, 0) is 11.3 Å². The maximum Gasteiger partial charge on any atom is 0.193 e. The van der Waals surface area contributed by atoms with Crippen molar-refractivity contribution in [2.24, 2.45) is 4.99 Å². The molecule has 1 saturated heterocycles. The van der Waals surface area contributed by atoms with E-state index in [1.165, 1.54) is 18.4 Å². The Morgan fingerprint density at radius 3 is 2.88 bits per heavy atom. The number of aromatic nitrogens is 1. The molecule has 0 aliphatic carbocycles. The average Bonchev–Trinajstić information content (AvgIpc) is 2.64. The highest BCUT2D eigenvalue weighted by atomic mass is 16.5. The number of hydrogen-bond donors (Lipinski definition) is 1. The van der Waals surface area contributed by atoms with Crippen LogP contribution in [0.15, 0.2) is 23.3 Å². The SMILES string of the molecule is CCCCN(C)C(=NCc1cccnc1N1CCOCC1)NCC. The first kappa shape index (κ1) is 18.5. The van der Waals surface area contributed by atoms with Gasteiger partial charge in [0.25, 0.3) is 0 Å². The van der Waals surface area contributed by atoms with Gasteiger partial charge in [0.15, 0.2) is 5.96 Å². The van der Waals surface area contributed by atoms with Gasteiger partial charge >= 0.3 is 0 Å². The van der Waals surface area contributed by atoms with E-state index in [1.54, 1.807) is 0 Å². The summed E-state index contributed by atoms with van der Waals surface area (Å²) in [5, 5.41) is 3.38. The van der Waals surface area contributed by atoms with Gasteiger partial charge in [-0.2, -0.15) is 0 Å². The van der Waals surface area contributed by atoms with Crippen LogP contribution in [0.4, 0.5) is 5.82 Å². The Hall–Kier alpha value is -1.82. The van der Waals surface area contributed by atoms with Gasteiger partial charge in [-0.05, 0) is 19.4 Å². The van der Waals surface area contributed by atoms with E-state index < -0.39 is 0 Å². The van der Waals surface area contributed by atoms with E-state index in [2.05, 4.69) is 47.1 Å². The van der Waals surface area contributed by atoms with E-state index in [4.69, 9.17) is 9.73 Å². The third kappa shape index (κ3) is 5.37. The fourth-order valence-electron chi connectivity index (χ4n) is 2.74. The molecule has 0 atom stereocenters. The lowest BCUT2D eigenvalue weighted by Gasteiger charge is -2.29. The summed E-state index contributed by atoms with van der Waals surface area (Å²) < 4.78 is 5.45. The second-order valence-electron chi connectivity index (χ2n) is 6.03. The van der Waals surface area contributed by atoms with Gasteiger partial charge in [-0.1, -0.05) is 19.4 Å². The van der Waals surface area contributed by atoms with Gasteiger partial charge in [0.05, 0.1) is 19.8 Å². The number of anilines is 1. The molecule has 2 heterocycles. The Kier molecular flexibility index (Phi) is 7.82. The van der Waals surface area contributed by atoms with Gasteiger partial charge in [-0.25, -0.2) is 9.98 Å². The summed E-state index contributed by atoms with van der Waals surface area (Å²) in [5.41, 5.74) is 1.17. The third-order valence-corrected chi connectivity index (χ3v) is 4.12. The van der Waals surface area contributed by atoms with Gasteiger partial charge in [0, 0.05) is 45.0 Å². The lowest BCUT2D eigenvalue weighted by Crippen LogP contribution is -2.39. The largest absolute Gasteiger partial charge is 0.378 e. The lowest BCUT2D eigenvalue weighted by molar-refractivity contribution is 0.122. The van der Waals surface area contributed by atoms with Crippen molar-refractivity contribution >= 4 is 11.8 Å². The second-order valence-corrected chi connectivity index (χ2v) is 6.03. The summed E-state index contributed by atoms with van der Waals surface area (Å²) in [5.74, 6) is 2.00. The van der Waals surface area contributed by atoms with Crippen LogP contribution in [0.5, 0.6) is 0 Å². The van der Waals surface area contributed by atoms with Crippen LogP contribution in [0.25, 0.3) is 0 Å². The highest BCUT2D eigenvalue weighted by molar-refractivity contribution is 5.79. The summed E-state index contributed by atoms with van der Waals surface area (Å²) in [6.07, 6.45) is 4.22. The molecule has 0 amide bonds. The zero-order chi connectivity index (χ0) is 17.2. The van der Waals surface area contributed by atoms with Crippen LogP contribution in [-0.4, -0.2) is 62.3 Å². The lowest BCUT2D eigenvalue weighted by atomic mass is 10.2. The summed E-state index contributed by atoms with van der Waals surface area (Å²) in [7, 11) is 2.10. The zero-order valence-corrected chi connectivity index (χ0v) is 15.3. The summed E-state index contributed by atoms with van der Waals surface area (Å²) >= 11 is 0. The molecule has 6 nitrogen and oxygen atoms in total. The fraction of sp³-hybridized carbons (Fsp3) is 0.667. The number of unbranched alkanes of at least 4 members (excludes halogenated alkanes) is 1. The Morgan fingerprint density at radius 1 is 1.38 bits per heavy atom. The number of rotatable bonds is 7. The minimum absolute atomic E-state index is 0.638. The number of morpholine rings is 1. The Balaban J connectivity index is 2.09. The molecule has 0 unspecified atom stereocenters. The van der Waals surface area contributed by atoms with Crippen molar-refractivity contribution in [2.75, 3.05) is 51.3 Å². The number of guanidine groups is 1. The first-order chi connectivity index (χ1) is 11.8. The van der Waals surface area contributed by atoms with E-state index >= 15 is 0 Å². The first-order valence-electron chi connectivity index (χ1n) is 9.02. The Bertz CT molecular complexity index is 514. The van der Waals surface area contributed by atoms with Crippen molar-refractivity contribution in [3.8, 4) is 0 Å². The van der Waals surface area contributed by atoms with Crippen molar-refractivity contribution < 1.29 is 4.74 Å². The van der Waals surface area contributed by atoms with E-state index in [0.717, 1.165) is 51.2 Å². The molecule has 1 aromatic rings. The summed E-state index contributed by atoms with van der Waals surface area (Å²) in [4.78, 5) is 13.9. The van der Waals surface area contributed by atoms with Crippen LogP contribution in [0.1, 0.15) is 32.3 Å². The predicted molar refractivity (Wildman–Crippen MR) is 99.6 cm³/mol. The topological polar surface area (TPSA) is 53.0 Å². The predicted octanol–water partition coefficient (Wildman–Crippen LogP) is 2.12. The molecule has 0 aromatic carbocycles. The number of nitrogens with one attached hydrogen (secondary N) is 1. The second kappa shape index (κ2) is 10.1. The number of pyridine rings is 1. The maximum absolute atomic E-state index is 5.45. The Labute approximate surface area is 145 Å². The molecule has 1 fully saturated rings. The smallest absolute Gasteiger partial charge is 0.193 e. The quantitative estimate of drug-likeness (QED) is 0.612. The van der Waals surface area contributed by atoms with Gasteiger partial charge in [-0.3, -0.25) is 0 Å². The van der Waals surface area contributed by atoms with Crippen LogP contribution >= 0.6 is 0 Å². The average molecular weight is 333 g/mol. The van der Waals surface area contributed by atoms with E-state index in [-0.39, 0.29) is 0 Å². The molecule has 1 aliphatic heterocycles. The third-order valence-electron chi connectivity index (χ3n) is 4.12. The molecule has 1 aromatic heterocycles. The monoisotopic (exact) mass is 333 g/mol. The minimum Gasteiger partial charge on any atom is -0.378 e. The van der Waals surface area contributed by atoms with Crippen molar-refractivity contribution in [1.82, 2.24) is 15.2 Å². The molecule has 6 heteroatoms. The molecule has 24 heavy (non-hydrogen) atoms. The molecule has 0 radical (unpaired) electrons. The molecule has 0 saturated carbocycles. The molecule has 134 valence electrons. The molecule has 1 aliphatic rings. The fourth-order valence-corrected chi connectivity index (χ4v) is 2.74. The summed E-state index contributed by atoms with van der Waals surface area (Å²) in [6.45, 7) is 10.2. The first-order valence-corrected chi connectivity index (χ1v) is 9.02. The van der Waals surface area contributed by atoms with Gasteiger partial charge in [-0.15, -0.1) is 0 Å². The van der Waals surface area contributed by atoms with Crippen LogP contribution < -0.4 is 10.2 Å². The maximum atomic E-state index is 5.45. The van der Waals surface area contributed by atoms with Crippen LogP contribution in [0.3, 0.4) is 0 Å². The molecule has 2 rings (SSSR count). The number of ether oxygens (including phenoxy) is 1. The molecule has 1 N–H and O–H groups in total. The number of aliphatic imine (C=N–C) groups is 1. The normalized spacial score (nSPS) is 15.5. The Morgan fingerprint density at radius 2 is 2.17 bits per heavy atom. The van der Waals surface area contributed by atoms with Gasteiger partial charge in [0.1, 0.15) is 5.82 Å². The summed E-state index contributed by atoms with van der Waals surface area (Å²) in [6, 6.07) is 4.11. The number of hydrogen-bond acceptors (Lipinski definition) is 4. The highest BCUT2D eigenvalue weighted by Gasteiger charge is 2.15. The van der Waals surface area contributed by atoms with E-state index in [9.17, 15) is 0 Å². The van der Waals surface area contributed by atoms with Gasteiger partial charge in [0.2, 0.25) is 0 Å². The standard InChI is InChI=1S/C18H31N5O/c1-4-6-10-22(3)18(19-5-2)21-15-16-8-7-9-20-17(16)23-11-13-24-14-12-23/h7-9H,4-6,10-15H2,1-3H3,(H,19,21). The van der Waals surface area contributed by atoms with Crippen molar-refractivity contribution in [1.29, 1.82) is 0 Å². The van der Waals surface area contributed by atoms with Crippen molar-refractivity contribution in [3.63, 3.8) is 0 Å². The molecular formula is C18H31N5O. The minimum atomic E-state index is 0.638. The van der Waals surface area contributed by atoms with E-state index in [0.29, 0.717) is 6.54 Å². The van der Waals surface area contributed by atoms with Crippen molar-refractivity contribution in [3.05, 3.63) is 23.9 Å². The van der Waals surface area contributed by atoms with Crippen LogP contribution in [0, 0.1) is 0 Å². The highest BCUT2D eigenvalue weighted by Crippen LogP contribution is 2.19. The molecule has 0 spiro atoms. The van der Waals surface area contributed by atoms with Crippen molar-refractivity contribution in [2.45, 2.75) is 33.2 Å². The van der Waals surface area contributed by atoms with Crippen LogP contribution in [0.2, 0.25) is 0 Å². The van der Waals surface area contributed by atoms with Gasteiger partial charge < -0.3 is 19.9 Å².